The van der Waals surface area contributed by atoms with Gasteiger partial charge < -0.3 is 0 Å². The van der Waals surface area contributed by atoms with Crippen molar-refractivity contribution in [2.24, 2.45) is 11.8 Å². The summed E-state index contributed by atoms with van der Waals surface area (Å²) in [6.07, 6.45) is 1.31. The largest absolute Gasteiger partial charge is 0.296 e. The number of hydrogen-bond donors (Lipinski definition) is 0. The number of likely N-dealkylation sites (tertiary alicyclic amines) is 1. The monoisotopic (exact) mass is 203 g/mol. The molecule has 3 atom stereocenters. The van der Waals surface area contributed by atoms with Gasteiger partial charge in [-0.15, -0.1) is 11.6 Å². The molecule has 0 N–H and O–H groups in total. The van der Waals surface area contributed by atoms with Gasteiger partial charge in [0.2, 0.25) is 0 Å². The van der Waals surface area contributed by atoms with Crippen molar-refractivity contribution in [2.75, 3.05) is 12.4 Å². The van der Waals surface area contributed by atoms with E-state index in [0.717, 1.165) is 17.7 Å². The summed E-state index contributed by atoms with van der Waals surface area (Å²) in [6.45, 7) is 10.5. The van der Waals surface area contributed by atoms with Gasteiger partial charge in [0.15, 0.2) is 0 Å². The fourth-order valence-corrected chi connectivity index (χ4v) is 2.65. The number of halogens is 1. The van der Waals surface area contributed by atoms with Crippen molar-refractivity contribution in [1.29, 1.82) is 0 Å². The first-order valence-corrected chi connectivity index (χ1v) is 5.93. The van der Waals surface area contributed by atoms with Crippen LogP contribution in [0.2, 0.25) is 0 Å². The fourth-order valence-electron chi connectivity index (χ4n) is 2.17. The molecule has 0 amide bonds. The Balaban J connectivity index is 2.59. The van der Waals surface area contributed by atoms with E-state index in [9.17, 15) is 0 Å². The SMILES string of the molecule is CC(C)C(C)N1CCC(C)C1CCl. The highest BCUT2D eigenvalue weighted by Gasteiger charge is 2.33. The molecule has 1 rings (SSSR count). The average Bonchev–Trinajstić information content (AvgIpc) is 2.45. The Morgan fingerprint density at radius 3 is 2.46 bits per heavy atom. The lowest BCUT2D eigenvalue weighted by Crippen LogP contribution is -2.42. The first-order valence-electron chi connectivity index (χ1n) is 5.39. The second-order valence-electron chi connectivity index (χ2n) is 4.71. The van der Waals surface area contributed by atoms with Gasteiger partial charge in [0.1, 0.15) is 0 Å². The van der Waals surface area contributed by atoms with E-state index in [4.69, 9.17) is 11.6 Å². The summed E-state index contributed by atoms with van der Waals surface area (Å²) >= 11 is 6.00. The van der Waals surface area contributed by atoms with Gasteiger partial charge in [-0.2, -0.15) is 0 Å². The molecule has 0 bridgehead atoms. The molecule has 1 fully saturated rings. The zero-order chi connectivity index (χ0) is 10.0. The van der Waals surface area contributed by atoms with Gasteiger partial charge in [-0.3, -0.25) is 4.90 Å². The predicted molar refractivity (Wildman–Crippen MR) is 59.3 cm³/mol. The van der Waals surface area contributed by atoms with Crippen molar-refractivity contribution < 1.29 is 0 Å². The van der Waals surface area contributed by atoms with E-state index >= 15 is 0 Å². The Morgan fingerprint density at radius 2 is 2.00 bits per heavy atom. The van der Waals surface area contributed by atoms with Crippen molar-refractivity contribution in [3.05, 3.63) is 0 Å². The maximum Gasteiger partial charge on any atom is 0.0382 e. The van der Waals surface area contributed by atoms with Crippen molar-refractivity contribution in [2.45, 2.75) is 46.2 Å². The first kappa shape index (κ1) is 11.3. The highest BCUT2D eigenvalue weighted by atomic mass is 35.5. The van der Waals surface area contributed by atoms with E-state index < -0.39 is 0 Å². The van der Waals surface area contributed by atoms with Crippen molar-refractivity contribution >= 4 is 11.6 Å². The molecule has 0 aromatic carbocycles. The van der Waals surface area contributed by atoms with E-state index in [0.29, 0.717) is 12.1 Å². The third kappa shape index (κ3) is 2.38. The smallest absolute Gasteiger partial charge is 0.0382 e. The number of hydrogen-bond acceptors (Lipinski definition) is 1. The molecule has 1 aliphatic heterocycles. The van der Waals surface area contributed by atoms with Crippen molar-refractivity contribution in [3.8, 4) is 0 Å². The van der Waals surface area contributed by atoms with Crippen LogP contribution in [0.25, 0.3) is 0 Å². The third-order valence-electron chi connectivity index (χ3n) is 3.57. The fraction of sp³-hybridized carbons (Fsp3) is 1.00. The quantitative estimate of drug-likeness (QED) is 0.638. The minimum atomic E-state index is 0.610. The van der Waals surface area contributed by atoms with Gasteiger partial charge >= 0.3 is 0 Å². The molecule has 0 saturated carbocycles. The Kier molecular flexibility index (Phi) is 4.06. The second kappa shape index (κ2) is 4.65. The van der Waals surface area contributed by atoms with Gasteiger partial charge in [-0.25, -0.2) is 0 Å². The van der Waals surface area contributed by atoms with E-state index in [1.54, 1.807) is 0 Å². The Labute approximate surface area is 87.4 Å². The maximum absolute atomic E-state index is 6.00. The molecular weight excluding hydrogens is 182 g/mol. The van der Waals surface area contributed by atoms with Crippen LogP contribution >= 0.6 is 11.6 Å². The van der Waals surface area contributed by atoms with Crippen LogP contribution in [-0.4, -0.2) is 29.4 Å². The van der Waals surface area contributed by atoms with Crippen LogP contribution in [0.4, 0.5) is 0 Å². The highest BCUT2D eigenvalue weighted by molar-refractivity contribution is 6.18. The summed E-state index contributed by atoms with van der Waals surface area (Å²) in [7, 11) is 0. The normalized spacial score (nSPS) is 32.8. The lowest BCUT2D eigenvalue weighted by atomic mass is 10.0. The van der Waals surface area contributed by atoms with Gasteiger partial charge in [0.05, 0.1) is 0 Å². The molecular formula is C11H22ClN. The van der Waals surface area contributed by atoms with Crippen LogP contribution in [0, 0.1) is 11.8 Å². The molecule has 0 spiro atoms. The standard InChI is InChI=1S/C11H22ClN/c1-8(2)10(4)13-6-5-9(3)11(13)7-12/h8-11H,5-7H2,1-4H3. The predicted octanol–water partition coefficient (Wildman–Crippen LogP) is 2.98. The zero-order valence-corrected chi connectivity index (χ0v) is 10.0. The molecule has 0 aromatic heterocycles. The van der Waals surface area contributed by atoms with Crippen molar-refractivity contribution in [1.82, 2.24) is 4.90 Å². The van der Waals surface area contributed by atoms with E-state index in [-0.39, 0.29) is 0 Å². The highest BCUT2D eigenvalue weighted by Crippen LogP contribution is 2.28. The van der Waals surface area contributed by atoms with Crippen LogP contribution in [0.15, 0.2) is 0 Å². The second-order valence-corrected chi connectivity index (χ2v) is 5.02. The Bertz CT molecular complexity index is 158. The molecule has 0 radical (unpaired) electrons. The van der Waals surface area contributed by atoms with Gasteiger partial charge in [-0.05, 0) is 31.7 Å². The summed E-state index contributed by atoms with van der Waals surface area (Å²) in [5, 5.41) is 0. The molecule has 1 heterocycles. The van der Waals surface area contributed by atoms with Gasteiger partial charge in [0.25, 0.3) is 0 Å². The minimum Gasteiger partial charge on any atom is -0.296 e. The van der Waals surface area contributed by atoms with Gasteiger partial charge in [0, 0.05) is 18.0 Å². The Morgan fingerprint density at radius 1 is 1.38 bits per heavy atom. The summed E-state index contributed by atoms with van der Waals surface area (Å²) in [5.41, 5.74) is 0. The molecule has 0 aliphatic carbocycles. The lowest BCUT2D eigenvalue weighted by molar-refractivity contribution is 0.153. The molecule has 3 unspecified atom stereocenters. The van der Waals surface area contributed by atoms with E-state index in [1.165, 1.54) is 13.0 Å². The topological polar surface area (TPSA) is 3.24 Å². The maximum atomic E-state index is 6.00. The molecule has 1 saturated heterocycles. The third-order valence-corrected chi connectivity index (χ3v) is 3.89. The van der Waals surface area contributed by atoms with Crippen LogP contribution in [-0.2, 0) is 0 Å². The molecule has 0 aromatic rings. The molecule has 2 heteroatoms. The van der Waals surface area contributed by atoms with Crippen LogP contribution in [0.1, 0.15) is 34.1 Å². The average molecular weight is 204 g/mol. The zero-order valence-electron chi connectivity index (χ0n) is 9.26. The summed E-state index contributed by atoms with van der Waals surface area (Å²) in [6, 6.07) is 1.28. The number of rotatable bonds is 3. The van der Waals surface area contributed by atoms with E-state index in [1.807, 2.05) is 0 Å². The van der Waals surface area contributed by atoms with E-state index in [2.05, 4.69) is 32.6 Å². The van der Waals surface area contributed by atoms with Crippen LogP contribution in [0.3, 0.4) is 0 Å². The summed E-state index contributed by atoms with van der Waals surface area (Å²) in [4.78, 5) is 2.59. The summed E-state index contributed by atoms with van der Waals surface area (Å²) < 4.78 is 0. The van der Waals surface area contributed by atoms with Gasteiger partial charge in [-0.1, -0.05) is 20.8 Å². The number of nitrogens with zero attached hydrogens (tertiary/aromatic N) is 1. The summed E-state index contributed by atoms with van der Waals surface area (Å²) in [5.74, 6) is 2.30. The minimum absolute atomic E-state index is 0.610. The molecule has 13 heavy (non-hydrogen) atoms. The number of alkyl halides is 1. The van der Waals surface area contributed by atoms with Crippen molar-refractivity contribution in [3.63, 3.8) is 0 Å². The molecule has 1 aliphatic rings. The Hall–Kier alpha value is 0.250. The molecule has 1 nitrogen and oxygen atoms in total. The first-order chi connectivity index (χ1) is 6.07. The van der Waals surface area contributed by atoms with Crippen LogP contribution in [0.5, 0.6) is 0 Å². The van der Waals surface area contributed by atoms with Crippen LogP contribution < -0.4 is 0 Å². The lowest BCUT2D eigenvalue weighted by Gasteiger charge is -2.33. The molecule has 78 valence electrons.